The second-order valence-corrected chi connectivity index (χ2v) is 8.08. The van der Waals surface area contributed by atoms with Crippen LogP contribution in [0.1, 0.15) is 32.5 Å². The molecule has 1 aliphatic rings. The molecule has 0 N–H and O–H groups in total. The third-order valence-electron chi connectivity index (χ3n) is 3.11. The molecule has 1 aromatic rings. The molecule has 0 saturated carbocycles. The predicted octanol–water partition coefficient (Wildman–Crippen LogP) is 1.81. The molecule has 1 amide bonds. The highest BCUT2D eigenvalue weighted by molar-refractivity contribution is 7.91. The zero-order valence-electron chi connectivity index (χ0n) is 12.9. The number of halogens is 2. The fraction of sp³-hybridized carbons (Fsp3) is 0.615. The molecule has 1 saturated heterocycles. The fourth-order valence-electron chi connectivity index (χ4n) is 1.90. The van der Waals surface area contributed by atoms with Gasteiger partial charge in [0.15, 0.2) is 0 Å². The first kappa shape index (κ1) is 17.5. The molecule has 1 aliphatic heterocycles. The van der Waals surface area contributed by atoms with E-state index in [0.717, 1.165) is 12.4 Å². The third kappa shape index (κ3) is 3.92. The van der Waals surface area contributed by atoms with Crippen molar-refractivity contribution in [2.75, 3.05) is 13.1 Å². The Morgan fingerprint density at radius 1 is 1.30 bits per heavy atom. The van der Waals surface area contributed by atoms with E-state index in [9.17, 15) is 22.0 Å². The van der Waals surface area contributed by atoms with Gasteiger partial charge in [0, 0.05) is 25.5 Å². The maximum atomic E-state index is 12.4. The highest BCUT2D eigenvalue weighted by Crippen LogP contribution is 2.26. The number of amides is 1. The zero-order valence-corrected chi connectivity index (χ0v) is 13.7. The van der Waals surface area contributed by atoms with E-state index in [-0.39, 0.29) is 5.92 Å². The average Bonchev–Trinajstić information content (AvgIpc) is 2.35. The number of rotatable bonds is 3. The summed E-state index contributed by atoms with van der Waals surface area (Å²) in [6.07, 6.45) is 1.27. The maximum Gasteiger partial charge on any atom is 0.410 e. The number of ether oxygens (including phenoxy) is 1. The molecule has 10 heteroatoms. The highest BCUT2D eigenvalue weighted by Gasteiger charge is 2.36. The SMILES string of the molecule is CC(C)(C)OC(=O)N1CC(c2ncc(S(=O)(=O)C(F)F)cn2)C1. The summed E-state index contributed by atoms with van der Waals surface area (Å²) in [7, 11) is -4.70. The van der Waals surface area contributed by atoms with E-state index in [0.29, 0.717) is 18.9 Å². The Labute approximate surface area is 132 Å². The predicted molar refractivity (Wildman–Crippen MR) is 75.8 cm³/mol. The number of nitrogens with zero attached hydrogens (tertiary/aromatic N) is 3. The summed E-state index contributed by atoms with van der Waals surface area (Å²) in [5, 5.41) is 0. The van der Waals surface area contributed by atoms with E-state index in [2.05, 4.69) is 9.97 Å². The lowest BCUT2D eigenvalue weighted by Gasteiger charge is -2.38. The Kier molecular flexibility index (Phi) is 4.56. The number of hydrogen-bond donors (Lipinski definition) is 0. The van der Waals surface area contributed by atoms with Crippen LogP contribution in [0.25, 0.3) is 0 Å². The molecule has 0 atom stereocenters. The topological polar surface area (TPSA) is 89.5 Å². The second-order valence-electron chi connectivity index (χ2n) is 6.16. The lowest BCUT2D eigenvalue weighted by atomic mass is 10.00. The van der Waals surface area contributed by atoms with Crippen molar-refractivity contribution in [1.82, 2.24) is 14.9 Å². The van der Waals surface area contributed by atoms with Gasteiger partial charge < -0.3 is 9.64 Å². The largest absolute Gasteiger partial charge is 0.444 e. The molecular weight excluding hydrogens is 332 g/mol. The minimum atomic E-state index is -4.70. The van der Waals surface area contributed by atoms with Gasteiger partial charge in [0.25, 0.3) is 0 Å². The number of hydrogen-bond acceptors (Lipinski definition) is 6. The molecule has 0 aliphatic carbocycles. The number of carbonyl (C=O) groups is 1. The monoisotopic (exact) mass is 349 g/mol. The van der Waals surface area contributed by atoms with Crippen LogP contribution in [0.2, 0.25) is 0 Å². The van der Waals surface area contributed by atoms with Crippen molar-refractivity contribution in [2.45, 2.75) is 42.9 Å². The van der Waals surface area contributed by atoms with E-state index in [4.69, 9.17) is 4.74 Å². The third-order valence-corrected chi connectivity index (χ3v) is 4.45. The van der Waals surface area contributed by atoms with Crippen molar-refractivity contribution < 1.29 is 26.7 Å². The molecule has 0 bridgehead atoms. The summed E-state index contributed by atoms with van der Waals surface area (Å²) in [5.74, 6) is -3.38. The van der Waals surface area contributed by atoms with E-state index in [1.807, 2.05) is 0 Å². The molecule has 0 radical (unpaired) electrons. The Bertz CT molecular complexity index is 680. The zero-order chi connectivity index (χ0) is 17.4. The van der Waals surface area contributed by atoms with Crippen LogP contribution in [0.5, 0.6) is 0 Å². The fourth-order valence-corrected chi connectivity index (χ4v) is 2.51. The van der Waals surface area contributed by atoms with E-state index in [1.54, 1.807) is 20.8 Å². The molecule has 0 aromatic carbocycles. The minimum absolute atomic E-state index is 0.175. The van der Waals surface area contributed by atoms with Crippen LogP contribution in [-0.2, 0) is 14.6 Å². The standard InChI is InChI=1S/C13H17F2N3O4S/c1-13(2,3)22-12(19)18-6-8(7-18)10-16-4-9(5-17-10)23(20,21)11(14)15/h4-5,8,11H,6-7H2,1-3H3. The number of carbonyl (C=O) groups excluding carboxylic acids is 1. The number of likely N-dealkylation sites (tertiary alicyclic amines) is 1. The van der Waals surface area contributed by atoms with Gasteiger partial charge in [-0.2, -0.15) is 8.78 Å². The minimum Gasteiger partial charge on any atom is -0.444 e. The molecule has 1 fully saturated rings. The summed E-state index contributed by atoms with van der Waals surface area (Å²) in [4.78, 5) is 20.2. The second kappa shape index (κ2) is 5.99. The first-order valence-corrected chi connectivity index (χ1v) is 8.37. The van der Waals surface area contributed by atoms with Crippen molar-refractivity contribution in [3.05, 3.63) is 18.2 Å². The Morgan fingerprint density at radius 2 is 1.83 bits per heavy atom. The van der Waals surface area contributed by atoms with E-state index < -0.39 is 32.2 Å². The number of alkyl halides is 2. The molecule has 0 unspecified atom stereocenters. The van der Waals surface area contributed by atoms with Gasteiger partial charge in [-0.3, -0.25) is 0 Å². The van der Waals surface area contributed by atoms with Crippen molar-refractivity contribution in [3.63, 3.8) is 0 Å². The van der Waals surface area contributed by atoms with Gasteiger partial charge in [-0.25, -0.2) is 23.2 Å². The van der Waals surface area contributed by atoms with Crippen molar-refractivity contribution >= 4 is 15.9 Å². The van der Waals surface area contributed by atoms with Crippen LogP contribution in [0.15, 0.2) is 17.3 Å². The van der Waals surface area contributed by atoms with Crippen LogP contribution < -0.4 is 0 Å². The molecule has 7 nitrogen and oxygen atoms in total. The van der Waals surface area contributed by atoms with Crippen LogP contribution in [-0.4, -0.2) is 53.8 Å². The lowest BCUT2D eigenvalue weighted by Crippen LogP contribution is -2.50. The van der Waals surface area contributed by atoms with Crippen LogP contribution in [0, 0.1) is 0 Å². The first-order chi connectivity index (χ1) is 10.5. The van der Waals surface area contributed by atoms with Crippen molar-refractivity contribution in [3.8, 4) is 0 Å². The summed E-state index contributed by atoms with van der Waals surface area (Å²) >= 11 is 0. The Morgan fingerprint density at radius 3 is 2.26 bits per heavy atom. The lowest BCUT2D eigenvalue weighted by molar-refractivity contribution is 0.00750. The summed E-state index contributed by atoms with van der Waals surface area (Å²) in [5.41, 5.74) is -0.593. The van der Waals surface area contributed by atoms with Crippen molar-refractivity contribution in [1.29, 1.82) is 0 Å². The highest BCUT2D eigenvalue weighted by atomic mass is 32.2. The van der Waals surface area contributed by atoms with Gasteiger partial charge in [-0.15, -0.1) is 0 Å². The van der Waals surface area contributed by atoms with Crippen LogP contribution >= 0.6 is 0 Å². The summed E-state index contributed by atoms with van der Waals surface area (Å²) < 4.78 is 52.6. The first-order valence-electron chi connectivity index (χ1n) is 6.82. The van der Waals surface area contributed by atoms with Crippen LogP contribution in [0.4, 0.5) is 13.6 Å². The molecule has 0 spiro atoms. The maximum absolute atomic E-state index is 12.4. The number of sulfone groups is 1. The summed E-state index contributed by atoms with van der Waals surface area (Å²) in [6, 6.07) is 0. The van der Waals surface area contributed by atoms with Gasteiger partial charge in [-0.1, -0.05) is 0 Å². The molecule has 1 aromatic heterocycles. The molecule has 2 rings (SSSR count). The Balaban J connectivity index is 1.98. The molecule has 2 heterocycles. The van der Waals surface area contributed by atoms with Gasteiger partial charge in [-0.05, 0) is 20.8 Å². The van der Waals surface area contributed by atoms with Crippen molar-refractivity contribution in [2.24, 2.45) is 0 Å². The Hall–Kier alpha value is -1.84. The van der Waals surface area contributed by atoms with Gasteiger partial charge >= 0.3 is 11.9 Å². The van der Waals surface area contributed by atoms with E-state index in [1.165, 1.54) is 4.90 Å². The smallest absolute Gasteiger partial charge is 0.410 e. The molecular formula is C13H17F2N3O4S. The van der Waals surface area contributed by atoms with Gasteiger partial charge in [0.1, 0.15) is 16.3 Å². The summed E-state index contributed by atoms with van der Waals surface area (Å²) in [6.45, 7) is 5.93. The van der Waals surface area contributed by atoms with Gasteiger partial charge in [0.2, 0.25) is 9.84 Å². The number of aromatic nitrogens is 2. The molecule has 23 heavy (non-hydrogen) atoms. The average molecular weight is 349 g/mol. The molecule has 128 valence electrons. The van der Waals surface area contributed by atoms with E-state index >= 15 is 0 Å². The van der Waals surface area contributed by atoms with Crippen LogP contribution in [0.3, 0.4) is 0 Å². The van der Waals surface area contributed by atoms with Gasteiger partial charge in [0.05, 0.1) is 5.92 Å². The normalized spacial score (nSPS) is 16.3. The quantitative estimate of drug-likeness (QED) is 0.827.